The second-order valence-electron chi connectivity index (χ2n) is 3.27. The summed E-state index contributed by atoms with van der Waals surface area (Å²) in [5.74, 6) is 0. The molecule has 0 N–H and O–H groups in total. The molecule has 3 heteroatoms. The molecule has 14 heavy (non-hydrogen) atoms. The van der Waals surface area contributed by atoms with Crippen LogP contribution in [0.25, 0.3) is 5.57 Å². The van der Waals surface area contributed by atoms with Crippen molar-refractivity contribution < 1.29 is 0 Å². The number of rotatable bonds is 1. The SMILES string of the molecule is Clc1cc(Cl)cc(C2=CC[N]CC2)c1. The topological polar surface area (TPSA) is 14.1 Å². The molecule has 0 aromatic heterocycles. The number of benzene rings is 1. The molecule has 0 bridgehead atoms. The van der Waals surface area contributed by atoms with Crippen LogP contribution in [0.4, 0.5) is 0 Å². The minimum atomic E-state index is 0.691. The van der Waals surface area contributed by atoms with Gasteiger partial charge in [0, 0.05) is 23.1 Å². The van der Waals surface area contributed by atoms with Crippen LogP contribution in [0.15, 0.2) is 24.3 Å². The van der Waals surface area contributed by atoms with E-state index >= 15 is 0 Å². The van der Waals surface area contributed by atoms with Gasteiger partial charge in [-0.05, 0) is 35.8 Å². The molecular weight excluding hydrogens is 217 g/mol. The lowest BCUT2D eigenvalue weighted by Gasteiger charge is -2.13. The fourth-order valence-electron chi connectivity index (χ4n) is 1.57. The van der Waals surface area contributed by atoms with Gasteiger partial charge in [-0.3, -0.25) is 0 Å². The molecule has 0 spiro atoms. The Morgan fingerprint density at radius 3 is 2.36 bits per heavy atom. The van der Waals surface area contributed by atoms with E-state index in [1.165, 1.54) is 5.57 Å². The summed E-state index contributed by atoms with van der Waals surface area (Å²) in [6.07, 6.45) is 3.11. The quantitative estimate of drug-likeness (QED) is 0.698. The summed E-state index contributed by atoms with van der Waals surface area (Å²) in [4.78, 5) is 0. The minimum Gasteiger partial charge on any atom is -0.237 e. The van der Waals surface area contributed by atoms with Gasteiger partial charge in [0.15, 0.2) is 0 Å². The summed E-state index contributed by atoms with van der Waals surface area (Å²) in [5.41, 5.74) is 2.42. The number of hydrogen-bond donors (Lipinski definition) is 0. The lowest BCUT2D eigenvalue weighted by molar-refractivity contribution is 0.723. The second kappa shape index (κ2) is 4.35. The Morgan fingerprint density at radius 1 is 1.07 bits per heavy atom. The summed E-state index contributed by atoms with van der Waals surface area (Å²) in [7, 11) is 0. The maximum absolute atomic E-state index is 5.93. The van der Waals surface area contributed by atoms with Crippen LogP contribution in [0.2, 0.25) is 10.0 Å². The molecule has 1 aromatic carbocycles. The molecule has 0 fully saturated rings. The predicted molar refractivity (Wildman–Crippen MR) is 60.9 cm³/mol. The van der Waals surface area contributed by atoms with Gasteiger partial charge in [0.2, 0.25) is 0 Å². The average molecular weight is 227 g/mol. The summed E-state index contributed by atoms with van der Waals surface area (Å²) in [6, 6.07) is 5.65. The molecular formula is C11H10Cl2N. The van der Waals surface area contributed by atoms with E-state index in [-0.39, 0.29) is 0 Å². The van der Waals surface area contributed by atoms with Gasteiger partial charge < -0.3 is 0 Å². The smallest absolute Gasteiger partial charge is 0.0426 e. The Kier molecular flexibility index (Phi) is 3.12. The van der Waals surface area contributed by atoms with Crippen LogP contribution in [0, 0.1) is 0 Å². The van der Waals surface area contributed by atoms with Crippen molar-refractivity contribution in [3.8, 4) is 0 Å². The third-order valence-corrected chi connectivity index (χ3v) is 2.68. The Labute approximate surface area is 93.7 Å². The van der Waals surface area contributed by atoms with Crippen LogP contribution in [0.5, 0.6) is 0 Å². The van der Waals surface area contributed by atoms with E-state index in [0.717, 1.165) is 25.1 Å². The van der Waals surface area contributed by atoms with Crippen molar-refractivity contribution in [1.29, 1.82) is 0 Å². The lowest BCUT2D eigenvalue weighted by atomic mass is 10.0. The van der Waals surface area contributed by atoms with Crippen molar-refractivity contribution in [1.82, 2.24) is 5.32 Å². The van der Waals surface area contributed by atoms with Crippen LogP contribution >= 0.6 is 23.2 Å². The first-order chi connectivity index (χ1) is 6.75. The zero-order chi connectivity index (χ0) is 9.97. The standard InChI is InChI=1S/C11H10Cl2N/c12-10-5-9(6-11(13)7-10)8-1-3-14-4-2-8/h1,5-7H,2-4H2. The molecule has 0 atom stereocenters. The first kappa shape index (κ1) is 10.0. The minimum absolute atomic E-state index is 0.691. The highest BCUT2D eigenvalue weighted by atomic mass is 35.5. The Morgan fingerprint density at radius 2 is 1.79 bits per heavy atom. The third kappa shape index (κ3) is 2.30. The Balaban J connectivity index is 2.35. The van der Waals surface area contributed by atoms with Gasteiger partial charge in [-0.1, -0.05) is 29.3 Å². The highest BCUT2D eigenvalue weighted by Crippen LogP contribution is 2.26. The fourth-order valence-corrected chi connectivity index (χ4v) is 2.10. The highest BCUT2D eigenvalue weighted by molar-refractivity contribution is 6.34. The van der Waals surface area contributed by atoms with Crippen molar-refractivity contribution in [3.05, 3.63) is 39.9 Å². The molecule has 0 saturated carbocycles. The van der Waals surface area contributed by atoms with Crippen LogP contribution < -0.4 is 5.32 Å². The highest BCUT2D eigenvalue weighted by Gasteiger charge is 2.07. The van der Waals surface area contributed by atoms with Crippen LogP contribution in [-0.2, 0) is 0 Å². The molecule has 0 saturated heterocycles. The molecule has 1 aromatic rings. The molecule has 73 valence electrons. The monoisotopic (exact) mass is 226 g/mol. The first-order valence-corrected chi connectivity index (χ1v) is 5.30. The number of nitrogens with zero attached hydrogens (tertiary/aromatic N) is 1. The van der Waals surface area contributed by atoms with Crippen LogP contribution in [-0.4, -0.2) is 13.1 Å². The molecule has 0 unspecified atom stereocenters. The van der Waals surface area contributed by atoms with E-state index < -0.39 is 0 Å². The fraction of sp³-hybridized carbons (Fsp3) is 0.273. The van der Waals surface area contributed by atoms with Crippen molar-refractivity contribution in [2.75, 3.05) is 13.1 Å². The van der Waals surface area contributed by atoms with E-state index in [1.54, 1.807) is 6.07 Å². The van der Waals surface area contributed by atoms with E-state index in [0.29, 0.717) is 10.0 Å². The van der Waals surface area contributed by atoms with Gasteiger partial charge in [-0.15, -0.1) is 0 Å². The summed E-state index contributed by atoms with van der Waals surface area (Å²) in [6.45, 7) is 1.70. The Bertz CT molecular complexity index is 351. The molecule has 1 heterocycles. The van der Waals surface area contributed by atoms with Crippen molar-refractivity contribution in [2.24, 2.45) is 0 Å². The van der Waals surface area contributed by atoms with Gasteiger partial charge in [0.25, 0.3) is 0 Å². The van der Waals surface area contributed by atoms with E-state index in [4.69, 9.17) is 23.2 Å². The van der Waals surface area contributed by atoms with Crippen LogP contribution in [0.3, 0.4) is 0 Å². The molecule has 1 aliphatic rings. The predicted octanol–water partition coefficient (Wildman–Crippen LogP) is 3.38. The second-order valence-corrected chi connectivity index (χ2v) is 4.14. The maximum atomic E-state index is 5.93. The van der Waals surface area contributed by atoms with Gasteiger partial charge in [0.05, 0.1) is 0 Å². The van der Waals surface area contributed by atoms with Gasteiger partial charge in [-0.2, -0.15) is 0 Å². The van der Waals surface area contributed by atoms with E-state index in [9.17, 15) is 0 Å². The summed E-state index contributed by atoms with van der Waals surface area (Å²) >= 11 is 11.9. The molecule has 0 aliphatic carbocycles. The zero-order valence-corrected chi connectivity index (χ0v) is 9.15. The molecule has 1 aliphatic heterocycles. The van der Waals surface area contributed by atoms with Gasteiger partial charge >= 0.3 is 0 Å². The summed E-state index contributed by atoms with van der Waals surface area (Å²) in [5, 5.41) is 5.64. The van der Waals surface area contributed by atoms with Gasteiger partial charge in [-0.25, -0.2) is 5.32 Å². The molecule has 2 rings (SSSR count). The van der Waals surface area contributed by atoms with Crippen molar-refractivity contribution >= 4 is 28.8 Å². The number of hydrogen-bond acceptors (Lipinski definition) is 0. The number of halogens is 2. The van der Waals surface area contributed by atoms with Crippen molar-refractivity contribution in [3.63, 3.8) is 0 Å². The van der Waals surface area contributed by atoms with Crippen molar-refractivity contribution in [2.45, 2.75) is 6.42 Å². The largest absolute Gasteiger partial charge is 0.237 e. The molecule has 0 amide bonds. The average Bonchev–Trinajstić information content (AvgIpc) is 2.18. The molecule has 1 nitrogen and oxygen atoms in total. The zero-order valence-electron chi connectivity index (χ0n) is 7.63. The van der Waals surface area contributed by atoms with Gasteiger partial charge in [0.1, 0.15) is 0 Å². The summed E-state index contributed by atoms with van der Waals surface area (Å²) < 4.78 is 0. The Hall–Kier alpha value is -0.500. The normalized spacial score (nSPS) is 16.6. The van der Waals surface area contributed by atoms with E-state index in [1.807, 2.05) is 12.1 Å². The third-order valence-electron chi connectivity index (χ3n) is 2.24. The first-order valence-electron chi connectivity index (χ1n) is 4.54. The molecule has 1 radical (unpaired) electrons. The lowest BCUT2D eigenvalue weighted by Crippen LogP contribution is -2.12. The maximum Gasteiger partial charge on any atom is 0.0426 e. The van der Waals surface area contributed by atoms with Crippen LogP contribution in [0.1, 0.15) is 12.0 Å². The van der Waals surface area contributed by atoms with E-state index in [2.05, 4.69) is 11.4 Å².